The zero-order valence-electron chi connectivity index (χ0n) is 14.5. The second-order valence-corrected chi connectivity index (χ2v) is 5.86. The van der Waals surface area contributed by atoms with E-state index in [1.165, 1.54) is 34.9 Å². The fourth-order valence-electron chi connectivity index (χ4n) is 3.21. The Kier molecular flexibility index (Phi) is 6.57. The van der Waals surface area contributed by atoms with Gasteiger partial charge in [0.05, 0.1) is 0 Å². The Hall–Kier alpha value is -1.90. The van der Waals surface area contributed by atoms with Crippen LogP contribution in [0.3, 0.4) is 0 Å². The van der Waals surface area contributed by atoms with Gasteiger partial charge < -0.3 is 11.1 Å². The largest absolute Gasteiger partial charge is 0.333 e. The van der Waals surface area contributed by atoms with Gasteiger partial charge in [0.1, 0.15) is 0 Å². The Morgan fingerprint density at radius 3 is 1.65 bits per heavy atom. The van der Waals surface area contributed by atoms with E-state index in [2.05, 4.69) is 73.4 Å². The van der Waals surface area contributed by atoms with Crippen LogP contribution in [0.15, 0.2) is 54.1 Å². The first-order valence-electron chi connectivity index (χ1n) is 8.40. The van der Waals surface area contributed by atoms with Crippen molar-refractivity contribution >= 4 is 5.57 Å². The molecule has 1 heterocycles. The lowest BCUT2D eigenvalue weighted by atomic mass is 9.85. The summed E-state index contributed by atoms with van der Waals surface area (Å²) in [6, 6.07) is 17.5. The molecule has 2 aromatic carbocycles. The Labute approximate surface area is 140 Å². The minimum atomic E-state index is 1.09. The summed E-state index contributed by atoms with van der Waals surface area (Å²) >= 11 is 0. The summed E-state index contributed by atoms with van der Waals surface area (Å²) in [4.78, 5) is 0. The topological polar surface area (TPSA) is 38.0 Å². The summed E-state index contributed by atoms with van der Waals surface area (Å²) in [5, 5.41) is 3.47. The Balaban J connectivity index is 0.000000924. The Morgan fingerprint density at radius 2 is 1.22 bits per heavy atom. The molecule has 3 rings (SSSR count). The van der Waals surface area contributed by atoms with Crippen LogP contribution in [0, 0.1) is 13.8 Å². The lowest BCUT2D eigenvalue weighted by molar-refractivity contribution is 0.611. The molecule has 0 spiro atoms. The van der Waals surface area contributed by atoms with Crippen LogP contribution in [0.25, 0.3) is 5.57 Å². The maximum absolute atomic E-state index is 4.50. The Morgan fingerprint density at radius 1 is 0.783 bits per heavy atom. The van der Waals surface area contributed by atoms with Gasteiger partial charge in [-0.2, -0.15) is 0 Å². The van der Waals surface area contributed by atoms with Gasteiger partial charge in [-0.05, 0) is 74.7 Å². The van der Waals surface area contributed by atoms with Gasteiger partial charge in [-0.1, -0.05) is 54.1 Å². The predicted octanol–water partition coefficient (Wildman–Crippen LogP) is 4.06. The van der Waals surface area contributed by atoms with Crippen LogP contribution in [0.2, 0.25) is 0 Å². The highest BCUT2D eigenvalue weighted by Gasteiger charge is 2.16. The number of nitrogens with two attached hydrogens (primary N) is 1. The minimum Gasteiger partial charge on any atom is -0.333 e. The zero-order valence-corrected chi connectivity index (χ0v) is 14.5. The van der Waals surface area contributed by atoms with E-state index in [1.54, 1.807) is 5.57 Å². The van der Waals surface area contributed by atoms with E-state index in [-0.39, 0.29) is 0 Å². The third-order valence-corrected chi connectivity index (χ3v) is 4.39. The molecule has 2 nitrogen and oxygen atoms in total. The van der Waals surface area contributed by atoms with Crippen molar-refractivity contribution in [3.63, 3.8) is 0 Å². The van der Waals surface area contributed by atoms with E-state index < -0.39 is 0 Å². The molecular weight excluding hydrogens is 280 g/mol. The van der Waals surface area contributed by atoms with Gasteiger partial charge in [0, 0.05) is 0 Å². The number of benzene rings is 2. The summed E-state index contributed by atoms with van der Waals surface area (Å²) in [6.45, 7) is 6.62. The van der Waals surface area contributed by atoms with E-state index in [0.717, 1.165) is 25.9 Å². The average molecular weight is 308 g/mol. The standard InChI is InChI=1S/C20H23N.CH5N/c1-15-7-3-5-9-18(15)20(17-11-13-21-14-12-17)19-10-6-4-8-16(19)2;1-2/h3-10,21H,11-14H2,1-2H3;2H2,1H3. The highest BCUT2D eigenvalue weighted by Crippen LogP contribution is 2.34. The van der Waals surface area contributed by atoms with Crippen LogP contribution in [0.4, 0.5) is 0 Å². The molecule has 0 amide bonds. The van der Waals surface area contributed by atoms with Crippen molar-refractivity contribution in [1.29, 1.82) is 0 Å². The van der Waals surface area contributed by atoms with Crippen molar-refractivity contribution in [2.75, 3.05) is 20.1 Å². The minimum absolute atomic E-state index is 1.09. The number of piperidine rings is 1. The van der Waals surface area contributed by atoms with Crippen molar-refractivity contribution in [3.8, 4) is 0 Å². The van der Waals surface area contributed by atoms with Crippen molar-refractivity contribution in [1.82, 2.24) is 5.32 Å². The summed E-state index contributed by atoms with van der Waals surface area (Å²) in [6.07, 6.45) is 2.30. The summed E-state index contributed by atoms with van der Waals surface area (Å²) < 4.78 is 0. The molecule has 122 valence electrons. The van der Waals surface area contributed by atoms with Crippen molar-refractivity contribution < 1.29 is 0 Å². The summed E-state index contributed by atoms with van der Waals surface area (Å²) in [7, 11) is 1.50. The lowest BCUT2D eigenvalue weighted by Crippen LogP contribution is -2.24. The first-order chi connectivity index (χ1) is 11.3. The molecule has 1 aliphatic heterocycles. The fourth-order valence-corrected chi connectivity index (χ4v) is 3.21. The van der Waals surface area contributed by atoms with E-state index in [1.807, 2.05) is 0 Å². The molecule has 0 bridgehead atoms. The maximum Gasteiger partial charge on any atom is -0.00111 e. The average Bonchev–Trinajstić information content (AvgIpc) is 2.61. The fraction of sp³-hybridized carbons (Fsp3) is 0.333. The van der Waals surface area contributed by atoms with Gasteiger partial charge in [0.25, 0.3) is 0 Å². The molecule has 0 aromatic heterocycles. The molecule has 0 atom stereocenters. The molecule has 0 unspecified atom stereocenters. The summed E-state index contributed by atoms with van der Waals surface area (Å²) in [5.74, 6) is 0. The highest BCUT2D eigenvalue weighted by atomic mass is 14.9. The van der Waals surface area contributed by atoms with Crippen molar-refractivity contribution in [2.24, 2.45) is 5.73 Å². The predicted molar refractivity (Wildman–Crippen MR) is 101 cm³/mol. The van der Waals surface area contributed by atoms with Crippen LogP contribution in [-0.2, 0) is 0 Å². The molecule has 23 heavy (non-hydrogen) atoms. The van der Waals surface area contributed by atoms with Crippen LogP contribution in [-0.4, -0.2) is 20.1 Å². The number of rotatable bonds is 2. The second-order valence-electron chi connectivity index (χ2n) is 5.86. The first kappa shape index (κ1) is 17.5. The monoisotopic (exact) mass is 308 g/mol. The molecule has 0 radical (unpaired) electrons. The van der Waals surface area contributed by atoms with Gasteiger partial charge in [0.2, 0.25) is 0 Å². The zero-order chi connectivity index (χ0) is 16.7. The first-order valence-corrected chi connectivity index (χ1v) is 8.40. The lowest BCUT2D eigenvalue weighted by Gasteiger charge is -2.23. The third-order valence-electron chi connectivity index (χ3n) is 4.39. The normalized spacial score (nSPS) is 14.0. The van der Waals surface area contributed by atoms with Gasteiger partial charge in [-0.25, -0.2) is 0 Å². The van der Waals surface area contributed by atoms with Gasteiger partial charge in [-0.15, -0.1) is 0 Å². The van der Waals surface area contributed by atoms with Crippen molar-refractivity contribution in [2.45, 2.75) is 26.7 Å². The molecule has 0 saturated carbocycles. The molecular formula is C21H28N2. The maximum atomic E-state index is 4.50. The van der Waals surface area contributed by atoms with E-state index in [4.69, 9.17) is 0 Å². The number of hydrogen-bond donors (Lipinski definition) is 2. The molecule has 2 heteroatoms. The smallest absolute Gasteiger partial charge is 0.00111 e. The quantitative estimate of drug-likeness (QED) is 0.878. The highest BCUT2D eigenvalue weighted by molar-refractivity contribution is 5.85. The van der Waals surface area contributed by atoms with Crippen molar-refractivity contribution in [3.05, 3.63) is 76.4 Å². The van der Waals surface area contributed by atoms with Crippen LogP contribution in [0.5, 0.6) is 0 Å². The molecule has 1 aliphatic rings. The van der Waals surface area contributed by atoms with E-state index in [0.29, 0.717) is 0 Å². The molecule has 1 saturated heterocycles. The SMILES string of the molecule is CN.Cc1ccccc1C(=C1CCNCC1)c1ccccc1C. The number of aryl methyl sites for hydroxylation is 2. The van der Waals surface area contributed by atoms with Crippen LogP contribution < -0.4 is 11.1 Å². The Bertz CT molecular complexity index is 616. The molecule has 0 aliphatic carbocycles. The van der Waals surface area contributed by atoms with E-state index in [9.17, 15) is 0 Å². The van der Waals surface area contributed by atoms with Gasteiger partial charge in [0.15, 0.2) is 0 Å². The number of nitrogens with one attached hydrogen (secondary N) is 1. The third kappa shape index (κ3) is 4.10. The molecule has 3 N–H and O–H groups in total. The summed E-state index contributed by atoms with van der Waals surface area (Å²) in [5.41, 5.74) is 13.1. The van der Waals surface area contributed by atoms with Crippen LogP contribution >= 0.6 is 0 Å². The number of hydrogen-bond acceptors (Lipinski definition) is 2. The molecule has 2 aromatic rings. The second kappa shape index (κ2) is 8.66. The van der Waals surface area contributed by atoms with Gasteiger partial charge >= 0.3 is 0 Å². The van der Waals surface area contributed by atoms with Gasteiger partial charge in [-0.3, -0.25) is 0 Å². The van der Waals surface area contributed by atoms with E-state index >= 15 is 0 Å². The molecule has 1 fully saturated rings. The van der Waals surface area contributed by atoms with Crippen LogP contribution in [0.1, 0.15) is 35.1 Å².